The number of hydrogen-bond acceptors (Lipinski definition) is 5. The third-order valence-electron chi connectivity index (χ3n) is 5.53. The van der Waals surface area contributed by atoms with E-state index in [1.165, 1.54) is 5.56 Å². The van der Waals surface area contributed by atoms with Crippen LogP contribution in [0, 0.1) is 11.8 Å². The smallest absolute Gasteiger partial charge is 0.475 e. The molecule has 0 radical (unpaired) electrons. The van der Waals surface area contributed by atoms with E-state index in [2.05, 4.69) is 16.0 Å². The van der Waals surface area contributed by atoms with Gasteiger partial charge in [0.05, 0.1) is 0 Å². The SMILES string of the molecule is O=C(O)C(F)(F)F.O=C(O)C(F)(F)F.O=C(c1cccc(Cl)c1)N1C[C@H]2CN(Cc3cccnc3)C[C@H]2C1. The Morgan fingerprint density at radius 1 is 0.895 bits per heavy atom. The van der Waals surface area contributed by atoms with E-state index >= 15 is 0 Å². The summed E-state index contributed by atoms with van der Waals surface area (Å²) < 4.78 is 63.5. The molecule has 208 valence electrons. The van der Waals surface area contributed by atoms with Gasteiger partial charge in [0.2, 0.25) is 0 Å². The van der Waals surface area contributed by atoms with Crippen molar-refractivity contribution in [1.82, 2.24) is 14.8 Å². The van der Waals surface area contributed by atoms with Crippen LogP contribution in [-0.2, 0) is 16.1 Å². The number of aliphatic carboxylic acids is 2. The highest BCUT2D eigenvalue weighted by Gasteiger charge is 2.41. The van der Waals surface area contributed by atoms with Crippen molar-refractivity contribution in [3.63, 3.8) is 0 Å². The van der Waals surface area contributed by atoms with Gasteiger partial charge < -0.3 is 15.1 Å². The van der Waals surface area contributed by atoms with E-state index in [0.29, 0.717) is 22.4 Å². The number of carbonyl (C=O) groups is 3. The highest BCUT2D eigenvalue weighted by molar-refractivity contribution is 6.30. The Labute approximate surface area is 217 Å². The molecule has 0 unspecified atom stereocenters. The lowest BCUT2D eigenvalue weighted by atomic mass is 10.0. The first-order valence-electron chi connectivity index (χ1n) is 10.8. The third-order valence-corrected chi connectivity index (χ3v) is 5.77. The highest BCUT2D eigenvalue weighted by Crippen LogP contribution is 2.32. The van der Waals surface area contributed by atoms with Crippen molar-refractivity contribution >= 4 is 29.4 Å². The number of nitrogens with zero attached hydrogens (tertiary/aromatic N) is 3. The second-order valence-electron chi connectivity index (χ2n) is 8.40. The van der Waals surface area contributed by atoms with Crippen LogP contribution in [0.5, 0.6) is 0 Å². The van der Waals surface area contributed by atoms with Gasteiger partial charge in [0.25, 0.3) is 5.91 Å². The number of benzene rings is 1. The van der Waals surface area contributed by atoms with Gasteiger partial charge in [-0.05, 0) is 41.7 Å². The first-order valence-corrected chi connectivity index (χ1v) is 11.2. The van der Waals surface area contributed by atoms with Gasteiger partial charge in [-0.15, -0.1) is 0 Å². The molecule has 2 aromatic rings. The molecule has 4 rings (SSSR count). The quantitative estimate of drug-likeness (QED) is 0.533. The molecule has 2 saturated heterocycles. The summed E-state index contributed by atoms with van der Waals surface area (Å²) in [5.41, 5.74) is 1.94. The minimum absolute atomic E-state index is 0.103. The van der Waals surface area contributed by atoms with E-state index in [4.69, 9.17) is 31.4 Å². The number of pyridine rings is 1. The van der Waals surface area contributed by atoms with Crippen molar-refractivity contribution in [2.75, 3.05) is 26.2 Å². The van der Waals surface area contributed by atoms with Gasteiger partial charge in [0, 0.05) is 55.7 Å². The zero-order chi connectivity index (χ0) is 28.7. The summed E-state index contributed by atoms with van der Waals surface area (Å²) in [6.45, 7) is 4.75. The summed E-state index contributed by atoms with van der Waals surface area (Å²) in [4.78, 5) is 39.1. The lowest BCUT2D eigenvalue weighted by Crippen LogP contribution is -2.33. The zero-order valence-corrected chi connectivity index (χ0v) is 20.2. The average Bonchev–Trinajstić information content (AvgIpc) is 3.37. The molecule has 8 nitrogen and oxygen atoms in total. The minimum atomic E-state index is -5.08. The highest BCUT2D eigenvalue weighted by atomic mass is 35.5. The van der Waals surface area contributed by atoms with Gasteiger partial charge in [-0.25, -0.2) is 9.59 Å². The second kappa shape index (κ2) is 12.9. The maximum absolute atomic E-state index is 12.6. The number of carboxylic acids is 2. The molecular formula is C23H22ClF6N3O5. The molecule has 1 aromatic carbocycles. The topological polar surface area (TPSA) is 111 Å². The van der Waals surface area contributed by atoms with Gasteiger partial charge in [-0.1, -0.05) is 23.7 Å². The monoisotopic (exact) mass is 569 g/mol. The van der Waals surface area contributed by atoms with Gasteiger partial charge in [-0.3, -0.25) is 14.7 Å². The third kappa shape index (κ3) is 9.49. The van der Waals surface area contributed by atoms with Crippen LogP contribution >= 0.6 is 11.6 Å². The first kappa shape index (κ1) is 30.8. The van der Waals surface area contributed by atoms with E-state index in [-0.39, 0.29) is 5.91 Å². The van der Waals surface area contributed by atoms with Gasteiger partial charge in [0.15, 0.2) is 0 Å². The molecular weight excluding hydrogens is 548 g/mol. The molecule has 2 aliphatic heterocycles. The maximum atomic E-state index is 12.6. The fourth-order valence-corrected chi connectivity index (χ4v) is 4.13. The molecule has 2 atom stereocenters. The summed E-state index contributed by atoms with van der Waals surface area (Å²) in [6.07, 6.45) is -6.43. The fraction of sp³-hybridized carbons (Fsp3) is 0.391. The molecule has 2 fully saturated rings. The molecule has 15 heteroatoms. The molecule has 0 aliphatic carbocycles. The number of amides is 1. The lowest BCUT2D eigenvalue weighted by molar-refractivity contribution is -0.193. The molecule has 0 spiro atoms. The number of halogens is 7. The molecule has 3 heterocycles. The maximum Gasteiger partial charge on any atom is 0.490 e. The summed E-state index contributed by atoms with van der Waals surface area (Å²) in [5.74, 6) is -4.26. The Hall–Kier alpha value is -3.39. The standard InChI is InChI=1S/C19H20ClN3O.2C2HF3O2/c20-18-5-1-4-15(7-18)19(24)23-12-16-10-22(11-17(16)13-23)9-14-3-2-6-21-8-14;2*3-2(4,5)1(6)7/h1-8,16-17H,9-13H2;2*(H,6,7)/t16-,17+;;. The summed E-state index contributed by atoms with van der Waals surface area (Å²) >= 11 is 6.01. The van der Waals surface area contributed by atoms with Crippen molar-refractivity contribution in [2.45, 2.75) is 18.9 Å². The summed E-state index contributed by atoms with van der Waals surface area (Å²) in [5, 5.41) is 14.9. The van der Waals surface area contributed by atoms with Crippen LogP contribution in [0.15, 0.2) is 48.8 Å². The van der Waals surface area contributed by atoms with Crippen LogP contribution in [-0.4, -0.2) is 81.4 Å². The number of fused-ring (bicyclic) bond motifs is 1. The molecule has 0 saturated carbocycles. The zero-order valence-electron chi connectivity index (χ0n) is 19.4. The van der Waals surface area contributed by atoms with Crippen LogP contribution in [0.3, 0.4) is 0 Å². The molecule has 2 aliphatic rings. The predicted molar refractivity (Wildman–Crippen MR) is 121 cm³/mol. The van der Waals surface area contributed by atoms with Crippen molar-refractivity contribution in [3.8, 4) is 0 Å². The van der Waals surface area contributed by atoms with E-state index in [0.717, 1.165) is 32.7 Å². The predicted octanol–water partition coefficient (Wildman–Crippen LogP) is 4.21. The molecule has 1 amide bonds. The first-order chi connectivity index (χ1) is 17.6. The van der Waals surface area contributed by atoms with Crippen molar-refractivity contribution < 1.29 is 50.9 Å². The average molecular weight is 570 g/mol. The van der Waals surface area contributed by atoms with Gasteiger partial charge in [-0.2, -0.15) is 26.3 Å². The Morgan fingerprint density at radius 2 is 1.42 bits per heavy atom. The van der Waals surface area contributed by atoms with Gasteiger partial charge >= 0.3 is 24.3 Å². The van der Waals surface area contributed by atoms with E-state index in [1.807, 2.05) is 35.5 Å². The number of likely N-dealkylation sites (tertiary alicyclic amines) is 2. The Kier molecular flexibility index (Phi) is 10.5. The van der Waals surface area contributed by atoms with Crippen molar-refractivity contribution in [2.24, 2.45) is 11.8 Å². The Morgan fingerprint density at radius 3 is 1.84 bits per heavy atom. The van der Waals surface area contributed by atoms with Crippen molar-refractivity contribution in [3.05, 3.63) is 64.9 Å². The van der Waals surface area contributed by atoms with Crippen LogP contribution in [0.4, 0.5) is 26.3 Å². The van der Waals surface area contributed by atoms with Crippen LogP contribution in [0.25, 0.3) is 0 Å². The molecule has 1 aromatic heterocycles. The molecule has 0 bridgehead atoms. The molecule has 38 heavy (non-hydrogen) atoms. The number of carbonyl (C=O) groups excluding carboxylic acids is 1. The summed E-state index contributed by atoms with van der Waals surface area (Å²) in [6, 6.07) is 11.3. The Bertz CT molecular complexity index is 1080. The van der Waals surface area contributed by atoms with Crippen LogP contribution in [0.2, 0.25) is 5.02 Å². The number of rotatable bonds is 3. The largest absolute Gasteiger partial charge is 0.490 e. The normalized spacial score (nSPS) is 19.0. The molecule has 2 N–H and O–H groups in total. The van der Waals surface area contributed by atoms with Gasteiger partial charge in [0.1, 0.15) is 0 Å². The fourth-order valence-electron chi connectivity index (χ4n) is 3.94. The van der Waals surface area contributed by atoms with E-state index in [9.17, 15) is 31.1 Å². The second-order valence-corrected chi connectivity index (χ2v) is 8.84. The number of hydrogen-bond donors (Lipinski definition) is 2. The number of aromatic nitrogens is 1. The van der Waals surface area contributed by atoms with Crippen LogP contribution < -0.4 is 0 Å². The number of carboxylic acid groups (broad SMARTS) is 2. The van der Waals surface area contributed by atoms with Crippen molar-refractivity contribution in [1.29, 1.82) is 0 Å². The number of alkyl halides is 6. The van der Waals surface area contributed by atoms with E-state index in [1.54, 1.807) is 12.1 Å². The minimum Gasteiger partial charge on any atom is -0.475 e. The Balaban J connectivity index is 0.000000301. The van der Waals surface area contributed by atoms with E-state index < -0.39 is 24.3 Å². The lowest BCUT2D eigenvalue weighted by Gasteiger charge is -2.21. The summed E-state index contributed by atoms with van der Waals surface area (Å²) in [7, 11) is 0. The van der Waals surface area contributed by atoms with Crippen LogP contribution in [0.1, 0.15) is 15.9 Å².